The number of carbonyl (C=O) groups excluding carboxylic acids is 1. The van der Waals surface area contributed by atoms with Crippen molar-refractivity contribution in [1.29, 1.82) is 0 Å². The first-order valence-corrected chi connectivity index (χ1v) is 9.86. The molecule has 7 heteroatoms. The van der Waals surface area contributed by atoms with Gasteiger partial charge < -0.3 is 9.73 Å². The Morgan fingerprint density at radius 3 is 2.68 bits per heavy atom. The minimum atomic E-state index is -0.220. The highest BCUT2D eigenvalue weighted by Gasteiger charge is 2.15. The predicted octanol–water partition coefficient (Wildman–Crippen LogP) is 3.65. The number of aromatic nitrogens is 2. The normalized spacial score (nSPS) is 12.4. The fourth-order valence-corrected chi connectivity index (χ4v) is 3.87. The van der Waals surface area contributed by atoms with Crippen molar-refractivity contribution >= 4 is 39.3 Å². The van der Waals surface area contributed by atoms with Gasteiger partial charge >= 0.3 is 0 Å². The van der Waals surface area contributed by atoms with Gasteiger partial charge in [0.1, 0.15) is 5.76 Å². The fraction of sp³-hybridized carbons (Fsp3) is 0.190. The second kappa shape index (κ2) is 7.52. The first-order chi connectivity index (χ1) is 13.5. The van der Waals surface area contributed by atoms with Crippen molar-refractivity contribution < 1.29 is 9.21 Å². The summed E-state index contributed by atoms with van der Waals surface area (Å²) in [5.74, 6) is 0.702. The molecule has 0 spiro atoms. The minimum absolute atomic E-state index is 0.123. The van der Waals surface area contributed by atoms with Gasteiger partial charge in [-0.15, -0.1) is 0 Å². The number of amides is 1. The molecule has 1 N–H and O–H groups in total. The summed E-state index contributed by atoms with van der Waals surface area (Å²) < 4.78 is 6.79. The molecule has 28 heavy (non-hydrogen) atoms. The lowest BCUT2D eigenvalue weighted by Gasteiger charge is -2.12. The van der Waals surface area contributed by atoms with Crippen LogP contribution < -0.4 is 10.9 Å². The molecule has 1 atom stereocenters. The molecule has 1 amide bonds. The Morgan fingerprint density at radius 1 is 1.21 bits per heavy atom. The maximum atomic E-state index is 12.8. The molecule has 142 valence electrons. The Kier molecular flexibility index (Phi) is 4.92. The van der Waals surface area contributed by atoms with Crippen molar-refractivity contribution in [2.75, 3.05) is 5.75 Å². The average molecular weight is 393 g/mol. The van der Waals surface area contributed by atoms with E-state index < -0.39 is 0 Å². The Morgan fingerprint density at radius 2 is 1.96 bits per heavy atom. The SMILES string of the molecule is C[C@H](NC(=O)CSc1nc2cc3ccccc3cc2c(=O)n1C)c1ccco1. The van der Waals surface area contributed by atoms with Crippen LogP contribution in [0.2, 0.25) is 0 Å². The van der Waals surface area contributed by atoms with E-state index in [1.807, 2.05) is 49.4 Å². The van der Waals surface area contributed by atoms with E-state index in [0.29, 0.717) is 21.8 Å². The average Bonchev–Trinajstić information content (AvgIpc) is 3.23. The van der Waals surface area contributed by atoms with Gasteiger partial charge in [-0.1, -0.05) is 36.0 Å². The van der Waals surface area contributed by atoms with Crippen molar-refractivity contribution in [2.24, 2.45) is 7.05 Å². The van der Waals surface area contributed by atoms with E-state index in [0.717, 1.165) is 10.8 Å². The van der Waals surface area contributed by atoms with Crippen molar-refractivity contribution in [3.05, 3.63) is 70.9 Å². The molecule has 4 aromatic rings. The summed E-state index contributed by atoms with van der Waals surface area (Å²) in [6.07, 6.45) is 1.57. The summed E-state index contributed by atoms with van der Waals surface area (Å²) in [6, 6.07) is 15.0. The molecule has 2 aromatic heterocycles. The van der Waals surface area contributed by atoms with Crippen LogP contribution >= 0.6 is 11.8 Å². The zero-order chi connectivity index (χ0) is 19.7. The standard InChI is InChI=1S/C21H19N3O3S/c1-13(18-8-5-9-27-18)22-19(25)12-28-21-23-17-11-15-7-4-3-6-14(15)10-16(17)20(26)24(21)2/h3-11,13H,12H2,1-2H3,(H,22,25)/t13-/m0/s1. The third kappa shape index (κ3) is 3.53. The summed E-state index contributed by atoms with van der Waals surface area (Å²) in [4.78, 5) is 29.6. The van der Waals surface area contributed by atoms with Crippen LogP contribution in [0.3, 0.4) is 0 Å². The molecule has 0 aliphatic heterocycles. The maximum Gasteiger partial charge on any atom is 0.261 e. The highest BCUT2D eigenvalue weighted by Crippen LogP contribution is 2.22. The smallest absolute Gasteiger partial charge is 0.261 e. The van der Waals surface area contributed by atoms with Crippen LogP contribution in [0.5, 0.6) is 0 Å². The van der Waals surface area contributed by atoms with Gasteiger partial charge in [-0.2, -0.15) is 0 Å². The largest absolute Gasteiger partial charge is 0.467 e. The number of hydrogen-bond acceptors (Lipinski definition) is 5. The van der Waals surface area contributed by atoms with Crippen LogP contribution in [0, 0.1) is 0 Å². The number of nitrogens with zero attached hydrogens (tertiary/aromatic N) is 2. The molecule has 2 heterocycles. The van der Waals surface area contributed by atoms with Crippen molar-refractivity contribution in [3.63, 3.8) is 0 Å². The van der Waals surface area contributed by atoms with E-state index in [1.54, 1.807) is 19.4 Å². The lowest BCUT2D eigenvalue weighted by molar-refractivity contribution is -0.119. The van der Waals surface area contributed by atoms with Crippen molar-refractivity contribution in [2.45, 2.75) is 18.1 Å². The second-order valence-corrected chi connectivity index (χ2v) is 7.51. The molecule has 4 rings (SSSR count). The van der Waals surface area contributed by atoms with Crippen LogP contribution in [-0.2, 0) is 11.8 Å². The van der Waals surface area contributed by atoms with Crippen molar-refractivity contribution in [3.8, 4) is 0 Å². The highest BCUT2D eigenvalue weighted by molar-refractivity contribution is 7.99. The third-order valence-corrected chi connectivity index (χ3v) is 5.61. The predicted molar refractivity (Wildman–Crippen MR) is 110 cm³/mol. The number of thioether (sulfide) groups is 1. The fourth-order valence-electron chi connectivity index (χ4n) is 3.09. The molecular weight excluding hydrogens is 374 g/mol. The lowest BCUT2D eigenvalue weighted by Crippen LogP contribution is -2.28. The van der Waals surface area contributed by atoms with E-state index in [1.165, 1.54) is 16.3 Å². The van der Waals surface area contributed by atoms with Gasteiger partial charge in [-0.25, -0.2) is 4.98 Å². The summed E-state index contributed by atoms with van der Waals surface area (Å²) in [5.41, 5.74) is 0.510. The van der Waals surface area contributed by atoms with Crippen LogP contribution in [-0.4, -0.2) is 21.2 Å². The topological polar surface area (TPSA) is 77.1 Å². The summed E-state index contributed by atoms with van der Waals surface area (Å²) in [7, 11) is 1.68. The zero-order valence-electron chi connectivity index (χ0n) is 15.5. The monoisotopic (exact) mass is 393 g/mol. The number of hydrogen-bond donors (Lipinski definition) is 1. The van der Waals surface area contributed by atoms with Crippen LogP contribution in [0.25, 0.3) is 21.7 Å². The van der Waals surface area contributed by atoms with Crippen LogP contribution in [0.4, 0.5) is 0 Å². The summed E-state index contributed by atoms with van der Waals surface area (Å²) in [5, 5.41) is 5.98. The van der Waals surface area contributed by atoms with E-state index in [-0.39, 0.29) is 23.3 Å². The number of benzene rings is 2. The lowest BCUT2D eigenvalue weighted by atomic mass is 10.1. The first kappa shape index (κ1) is 18.3. The molecule has 0 bridgehead atoms. The summed E-state index contributed by atoms with van der Waals surface area (Å²) in [6.45, 7) is 1.86. The van der Waals surface area contributed by atoms with Gasteiger partial charge in [0.25, 0.3) is 5.56 Å². The molecule has 0 unspecified atom stereocenters. The van der Waals surface area contributed by atoms with E-state index in [9.17, 15) is 9.59 Å². The minimum Gasteiger partial charge on any atom is -0.467 e. The Balaban J connectivity index is 1.56. The molecule has 0 fully saturated rings. The van der Waals surface area contributed by atoms with E-state index >= 15 is 0 Å². The van der Waals surface area contributed by atoms with Gasteiger partial charge in [0.15, 0.2) is 5.16 Å². The van der Waals surface area contributed by atoms with Crippen LogP contribution in [0.1, 0.15) is 18.7 Å². The van der Waals surface area contributed by atoms with E-state index in [4.69, 9.17) is 4.42 Å². The van der Waals surface area contributed by atoms with Gasteiger partial charge in [0.05, 0.1) is 29.0 Å². The molecular formula is C21H19N3O3S. The molecule has 0 aliphatic rings. The van der Waals surface area contributed by atoms with Gasteiger partial charge in [0, 0.05) is 7.05 Å². The van der Waals surface area contributed by atoms with Gasteiger partial charge in [-0.3, -0.25) is 14.2 Å². The first-order valence-electron chi connectivity index (χ1n) is 8.88. The van der Waals surface area contributed by atoms with Crippen LogP contribution in [0.15, 0.2) is 69.2 Å². The summed E-state index contributed by atoms with van der Waals surface area (Å²) >= 11 is 1.24. The molecule has 6 nitrogen and oxygen atoms in total. The molecule has 0 saturated heterocycles. The third-order valence-electron chi connectivity index (χ3n) is 4.58. The molecule has 0 radical (unpaired) electrons. The molecule has 2 aromatic carbocycles. The van der Waals surface area contributed by atoms with Gasteiger partial charge in [0.2, 0.25) is 5.91 Å². The molecule has 0 saturated carbocycles. The number of rotatable bonds is 5. The maximum absolute atomic E-state index is 12.8. The Labute approximate surface area is 165 Å². The number of nitrogens with one attached hydrogen (secondary N) is 1. The van der Waals surface area contributed by atoms with Gasteiger partial charge in [-0.05, 0) is 42.0 Å². The second-order valence-electron chi connectivity index (χ2n) is 6.57. The quantitative estimate of drug-likeness (QED) is 0.318. The Hall–Kier alpha value is -3.06. The highest BCUT2D eigenvalue weighted by atomic mass is 32.2. The van der Waals surface area contributed by atoms with Crippen molar-refractivity contribution in [1.82, 2.24) is 14.9 Å². The van der Waals surface area contributed by atoms with E-state index in [2.05, 4.69) is 10.3 Å². The Bertz CT molecular complexity index is 1220. The zero-order valence-corrected chi connectivity index (χ0v) is 16.3. The molecule has 0 aliphatic carbocycles. The number of carbonyl (C=O) groups is 1. The number of furan rings is 1. The number of fused-ring (bicyclic) bond motifs is 2.